The lowest BCUT2D eigenvalue weighted by atomic mass is 10.0. The topological polar surface area (TPSA) is 77.1 Å². The lowest BCUT2D eigenvalue weighted by molar-refractivity contribution is -0.156. The van der Waals surface area contributed by atoms with Crippen LogP contribution in [0.2, 0.25) is 0 Å². The van der Waals surface area contributed by atoms with E-state index in [1.54, 1.807) is 0 Å². The Kier molecular flexibility index (Phi) is 10.7. The van der Waals surface area contributed by atoms with Crippen molar-refractivity contribution >= 4 is 17.7 Å². The van der Waals surface area contributed by atoms with E-state index in [1.807, 2.05) is 75.4 Å². The highest BCUT2D eigenvalue weighted by Gasteiger charge is 2.42. The third kappa shape index (κ3) is 9.41. The summed E-state index contributed by atoms with van der Waals surface area (Å²) in [5.74, 6) is 0.949. The Balaban J connectivity index is 0.977. The minimum Gasteiger partial charge on any atom is -0.460 e. The molecule has 1 heterocycles. The van der Waals surface area contributed by atoms with Gasteiger partial charge in [-0.1, -0.05) is 72.8 Å². The van der Waals surface area contributed by atoms with E-state index < -0.39 is 5.60 Å². The highest BCUT2D eigenvalue weighted by molar-refractivity contribution is 5.91. The molecule has 0 spiro atoms. The number of para-hydroxylation sites is 1. The lowest BCUT2D eigenvalue weighted by Crippen LogP contribution is -2.27. The Labute approximate surface area is 261 Å². The zero-order valence-electron chi connectivity index (χ0n) is 26.3. The van der Waals surface area contributed by atoms with Crippen LogP contribution < -0.4 is 5.32 Å². The van der Waals surface area contributed by atoms with Crippen molar-refractivity contribution in [3.63, 3.8) is 0 Å². The molecule has 0 aromatic heterocycles. The van der Waals surface area contributed by atoms with Crippen molar-refractivity contribution in [2.75, 3.05) is 38.2 Å². The minimum atomic E-state index is -0.457. The van der Waals surface area contributed by atoms with Crippen molar-refractivity contribution in [2.45, 2.75) is 64.6 Å². The van der Waals surface area contributed by atoms with Crippen molar-refractivity contribution in [1.29, 1.82) is 0 Å². The monoisotopic (exact) mass is 598 g/mol. The average molecular weight is 599 g/mol. The molecular weight excluding hydrogens is 552 g/mol. The molecule has 1 saturated carbocycles. The quantitative estimate of drug-likeness (QED) is 0.176. The summed E-state index contributed by atoms with van der Waals surface area (Å²) in [5.41, 5.74) is 4.94. The van der Waals surface area contributed by atoms with Gasteiger partial charge in [0.1, 0.15) is 11.7 Å². The van der Waals surface area contributed by atoms with Gasteiger partial charge in [-0.25, -0.2) is 4.79 Å². The summed E-state index contributed by atoms with van der Waals surface area (Å²) >= 11 is 0. The van der Waals surface area contributed by atoms with E-state index in [2.05, 4.69) is 34.5 Å². The minimum absolute atomic E-state index is 0.0233. The second-order valence-corrected chi connectivity index (χ2v) is 13.1. The van der Waals surface area contributed by atoms with E-state index in [1.165, 1.54) is 11.1 Å². The molecule has 44 heavy (non-hydrogen) atoms. The second-order valence-electron chi connectivity index (χ2n) is 13.1. The van der Waals surface area contributed by atoms with Crippen LogP contribution in [0.5, 0.6) is 0 Å². The predicted molar refractivity (Wildman–Crippen MR) is 174 cm³/mol. The Morgan fingerprint density at radius 2 is 1.45 bits per heavy atom. The van der Waals surface area contributed by atoms with Crippen molar-refractivity contribution < 1.29 is 23.8 Å². The van der Waals surface area contributed by atoms with E-state index in [9.17, 15) is 9.59 Å². The molecule has 1 aliphatic carbocycles. The van der Waals surface area contributed by atoms with E-state index in [4.69, 9.17) is 14.2 Å². The largest absolute Gasteiger partial charge is 0.460 e. The summed E-state index contributed by atoms with van der Waals surface area (Å²) in [6.45, 7) is 9.77. The maximum absolute atomic E-state index is 12.8. The smallest absolute Gasteiger partial charge is 0.411 e. The molecule has 2 fully saturated rings. The number of esters is 1. The molecule has 1 amide bonds. The van der Waals surface area contributed by atoms with Crippen LogP contribution in [0.25, 0.3) is 11.1 Å². The highest BCUT2D eigenvalue weighted by atomic mass is 16.6. The van der Waals surface area contributed by atoms with Crippen LogP contribution in [0.1, 0.15) is 51.2 Å². The Morgan fingerprint density at radius 1 is 0.818 bits per heavy atom. The van der Waals surface area contributed by atoms with Crippen molar-refractivity contribution in [2.24, 2.45) is 11.8 Å². The van der Waals surface area contributed by atoms with Crippen LogP contribution in [-0.4, -0.2) is 61.5 Å². The number of fused-ring (bicyclic) bond motifs is 1. The molecule has 1 N–H and O–H groups in total. The molecule has 3 aromatic carbocycles. The Morgan fingerprint density at radius 3 is 2.14 bits per heavy atom. The SMILES string of the molecule is CC(C)(C)OC(=O)CCOCCc1ccc(CCN2CC3CC(OC(=O)Nc4ccccc4-c4ccccc4)C[C@H]3C2)cc1. The van der Waals surface area contributed by atoms with Gasteiger partial charge in [0.25, 0.3) is 0 Å². The number of anilines is 1. The second kappa shape index (κ2) is 14.9. The van der Waals surface area contributed by atoms with E-state index >= 15 is 0 Å². The molecule has 3 atom stereocenters. The van der Waals surface area contributed by atoms with E-state index in [-0.39, 0.29) is 24.6 Å². The van der Waals surface area contributed by atoms with Gasteiger partial charge in [-0.2, -0.15) is 0 Å². The predicted octanol–water partition coefficient (Wildman–Crippen LogP) is 7.15. The number of nitrogens with one attached hydrogen (secondary N) is 1. The number of likely N-dealkylation sites (tertiary alicyclic amines) is 1. The molecule has 1 aliphatic heterocycles. The number of amides is 1. The van der Waals surface area contributed by atoms with Gasteiger partial charge < -0.3 is 19.1 Å². The summed E-state index contributed by atoms with van der Waals surface area (Å²) in [4.78, 5) is 27.1. The fourth-order valence-corrected chi connectivity index (χ4v) is 6.37. The molecule has 234 valence electrons. The van der Waals surface area contributed by atoms with Gasteiger partial charge >= 0.3 is 12.1 Å². The summed E-state index contributed by atoms with van der Waals surface area (Å²) < 4.78 is 16.8. The third-order valence-electron chi connectivity index (χ3n) is 8.45. The van der Waals surface area contributed by atoms with Crippen molar-refractivity contribution in [3.05, 3.63) is 90.0 Å². The zero-order valence-corrected chi connectivity index (χ0v) is 26.3. The number of hydrogen-bond acceptors (Lipinski definition) is 6. The first-order chi connectivity index (χ1) is 21.2. The fraction of sp³-hybridized carbons (Fsp3) is 0.459. The molecule has 1 saturated heterocycles. The number of benzene rings is 3. The molecule has 2 unspecified atom stereocenters. The molecule has 7 nitrogen and oxygen atoms in total. The maximum atomic E-state index is 12.8. The van der Waals surface area contributed by atoms with Gasteiger partial charge in [0.15, 0.2) is 0 Å². The van der Waals surface area contributed by atoms with Gasteiger partial charge in [0, 0.05) is 25.2 Å². The standard InChI is InChI=1S/C37H46N2O5/c1-37(2,3)44-35(40)19-22-42-21-18-28-15-13-27(14-16-28)17-20-39-25-30-23-32(24-31(30)26-39)43-36(41)38-34-12-8-7-11-33(34)29-9-5-4-6-10-29/h4-16,30-32H,17-26H2,1-3H3,(H,38,41)/t30-,31?,32?/m0/s1. The van der Waals surface area contributed by atoms with E-state index in [0.29, 0.717) is 25.0 Å². The number of ether oxygens (including phenoxy) is 3. The molecule has 0 bridgehead atoms. The Hall–Kier alpha value is -3.68. The van der Waals surface area contributed by atoms with Gasteiger partial charge in [-0.15, -0.1) is 0 Å². The fourth-order valence-electron chi connectivity index (χ4n) is 6.37. The average Bonchev–Trinajstić information content (AvgIpc) is 3.54. The first-order valence-corrected chi connectivity index (χ1v) is 15.9. The van der Waals surface area contributed by atoms with Gasteiger partial charge in [0.05, 0.1) is 25.3 Å². The molecular formula is C37H46N2O5. The van der Waals surface area contributed by atoms with Gasteiger partial charge in [-0.3, -0.25) is 10.1 Å². The van der Waals surface area contributed by atoms with Gasteiger partial charge in [-0.05, 0) is 81.0 Å². The highest BCUT2D eigenvalue weighted by Crippen LogP contribution is 2.39. The number of rotatable bonds is 12. The van der Waals surface area contributed by atoms with Crippen LogP contribution in [-0.2, 0) is 31.8 Å². The number of hydrogen-bond donors (Lipinski definition) is 1. The van der Waals surface area contributed by atoms with Crippen molar-refractivity contribution in [3.8, 4) is 11.1 Å². The summed E-state index contributed by atoms with van der Waals surface area (Å²) in [7, 11) is 0. The molecule has 2 aliphatic rings. The number of nitrogens with zero attached hydrogens (tertiary/aromatic N) is 1. The van der Waals surface area contributed by atoms with Crippen LogP contribution in [0.3, 0.4) is 0 Å². The van der Waals surface area contributed by atoms with Gasteiger partial charge in [0.2, 0.25) is 0 Å². The van der Waals surface area contributed by atoms with E-state index in [0.717, 1.165) is 62.1 Å². The number of carbonyl (C=O) groups is 2. The molecule has 3 aromatic rings. The summed E-state index contributed by atoms with van der Waals surface area (Å²) in [6.07, 6.45) is 3.60. The summed E-state index contributed by atoms with van der Waals surface area (Å²) in [6, 6.07) is 26.7. The lowest BCUT2D eigenvalue weighted by Gasteiger charge is -2.20. The van der Waals surface area contributed by atoms with Crippen LogP contribution >= 0.6 is 0 Å². The normalized spacial score (nSPS) is 19.8. The first-order valence-electron chi connectivity index (χ1n) is 15.9. The maximum Gasteiger partial charge on any atom is 0.411 e. The molecule has 7 heteroatoms. The van der Waals surface area contributed by atoms with Crippen LogP contribution in [0, 0.1) is 11.8 Å². The summed E-state index contributed by atoms with van der Waals surface area (Å²) in [5, 5.41) is 2.98. The molecule has 0 radical (unpaired) electrons. The number of carbonyl (C=O) groups excluding carboxylic acids is 2. The zero-order chi connectivity index (χ0) is 30.9. The molecule has 5 rings (SSSR count). The van der Waals surface area contributed by atoms with Crippen LogP contribution in [0.4, 0.5) is 10.5 Å². The van der Waals surface area contributed by atoms with Crippen molar-refractivity contribution in [1.82, 2.24) is 4.90 Å². The first kappa shape index (κ1) is 31.7. The Bertz CT molecular complexity index is 1350. The van der Waals surface area contributed by atoms with Crippen LogP contribution in [0.15, 0.2) is 78.9 Å². The third-order valence-corrected chi connectivity index (χ3v) is 8.45.